The molecule has 1 aromatic heterocycles. The van der Waals surface area contributed by atoms with Crippen molar-refractivity contribution in [1.29, 1.82) is 0 Å². The van der Waals surface area contributed by atoms with Crippen molar-refractivity contribution in [3.63, 3.8) is 0 Å². The van der Waals surface area contributed by atoms with E-state index in [9.17, 15) is 4.79 Å². The van der Waals surface area contributed by atoms with Crippen LogP contribution in [0.3, 0.4) is 0 Å². The van der Waals surface area contributed by atoms with Crippen LogP contribution in [0.25, 0.3) is 10.2 Å². The Morgan fingerprint density at radius 2 is 2.00 bits per heavy atom. The third kappa shape index (κ3) is 2.56. The van der Waals surface area contributed by atoms with Crippen molar-refractivity contribution >= 4 is 27.3 Å². The van der Waals surface area contributed by atoms with Gasteiger partial charge >= 0.3 is 0 Å². The molecule has 1 heterocycles. The van der Waals surface area contributed by atoms with E-state index in [4.69, 9.17) is 0 Å². The van der Waals surface area contributed by atoms with Gasteiger partial charge in [0.1, 0.15) is 0 Å². The van der Waals surface area contributed by atoms with Crippen molar-refractivity contribution in [2.75, 3.05) is 0 Å². The van der Waals surface area contributed by atoms with Crippen molar-refractivity contribution in [3.8, 4) is 0 Å². The Morgan fingerprint density at radius 3 is 2.79 bits per heavy atom. The third-order valence-electron chi connectivity index (χ3n) is 3.03. The topological polar surface area (TPSA) is 30.0 Å². The largest absolute Gasteiger partial charge is 0.295 e. The molecule has 0 N–H and O–H groups in total. The first kappa shape index (κ1) is 12.1. The van der Waals surface area contributed by atoms with E-state index < -0.39 is 0 Å². The number of thiazole rings is 1. The first-order valence-electron chi connectivity index (χ1n) is 6.17. The fourth-order valence-electron chi connectivity index (χ4n) is 2.07. The minimum Gasteiger partial charge on any atom is -0.295 e. The molecule has 3 heteroatoms. The van der Waals surface area contributed by atoms with Crippen LogP contribution in [0, 0.1) is 0 Å². The van der Waals surface area contributed by atoms with Crippen LogP contribution in [0.1, 0.15) is 27.9 Å². The Morgan fingerprint density at radius 1 is 1.16 bits per heavy atom. The van der Waals surface area contributed by atoms with Gasteiger partial charge in [0.2, 0.25) is 0 Å². The Balaban J connectivity index is 1.92. The summed E-state index contributed by atoms with van der Waals surface area (Å²) in [6, 6.07) is 15.9. The normalized spacial score (nSPS) is 10.8. The Labute approximate surface area is 115 Å². The van der Waals surface area contributed by atoms with Crippen LogP contribution >= 0.6 is 11.3 Å². The van der Waals surface area contributed by atoms with E-state index in [2.05, 4.69) is 11.1 Å². The minimum absolute atomic E-state index is 0.103. The number of nitrogens with zero attached hydrogens (tertiary/aromatic N) is 1. The van der Waals surface area contributed by atoms with Crippen LogP contribution in [0.15, 0.2) is 48.5 Å². The molecule has 2 aromatic carbocycles. The zero-order chi connectivity index (χ0) is 13.2. The molecule has 3 aromatic rings. The smallest absolute Gasteiger partial charge is 0.159 e. The number of carbonyl (C=O) groups excluding carboxylic acids is 1. The van der Waals surface area contributed by atoms with Crippen LogP contribution in [-0.4, -0.2) is 10.8 Å². The lowest BCUT2D eigenvalue weighted by atomic mass is 10.1. The van der Waals surface area contributed by atoms with E-state index in [1.165, 1.54) is 4.70 Å². The monoisotopic (exact) mass is 267 g/mol. The molecule has 0 aliphatic carbocycles. The number of aromatic nitrogens is 1. The van der Waals surface area contributed by atoms with Gasteiger partial charge in [-0.25, -0.2) is 4.98 Å². The highest BCUT2D eigenvalue weighted by Gasteiger charge is 2.06. The van der Waals surface area contributed by atoms with Crippen molar-refractivity contribution < 1.29 is 4.79 Å². The molecule has 0 bridgehead atoms. The molecule has 0 fully saturated rings. The molecule has 0 amide bonds. The van der Waals surface area contributed by atoms with Crippen molar-refractivity contribution in [2.24, 2.45) is 0 Å². The first-order chi connectivity index (χ1) is 9.22. The molecule has 0 spiro atoms. The van der Waals surface area contributed by atoms with Gasteiger partial charge in [-0.05, 0) is 30.7 Å². The van der Waals surface area contributed by atoms with Crippen molar-refractivity contribution in [3.05, 3.63) is 64.7 Å². The van der Waals surface area contributed by atoms with Crippen LogP contribution in [0.2, 0.25) is 0 Å². The summed E-state index contributed by atoms with van der Waals surface area (Å²) in [5, 5.41) is 1.09. The van der Waals surface area contributed by atoms with Crippen LogP contribution < -0.4 is 0 Å². The molecule has 0 saturated heterocycles. The van der Waals surface area contributed by atoms with E-state index in [1.807, 2.05) is 42.5 Å². The number of para-hydroxylation sites is 1. The molecular formula is C16H13NOS. The lowest BCUT2D eigenvalue weighted by molar-refractivity contribution is 0.101. The van der Waals surface area contributed by atoms with Gasteiger partial charge in [0, 0.05) is 12.0 Å². The summed E-state index contributed by atoms with van der Waals surface area (Å²) in [6.07, 6.45) is 0.778. The fourth-order valence-corrected chi connectivity index (χ4v) is 3.07. The number of fused-ring (bicyclic) bond motifs is 1. The number of Topliss-reactive ketones (excluding diaryl/α,β-unsaturated/α-hetero) is 1. The van der Waals surface area contributed by atoms with E-state index in [-0.39, 0.29) is 5.78 Å². The standard InChI is InChI=1S/C16H13NOS/c1-11(18)13-6-4-5-12(9-13)10-16-17-14-7-2-3-8-15(14)19-16/h2-9H,10H2,1H3. The molecule has 19 heavy (non-hydrogen) atoms. The lowest BCUT2D eigenvalue weighted by Gasteiger charge is -2.00. The maximum Gasteiger partial charge on any atom is 0.159 e. The van der Waals surface area contributed by atoms with Gasteiger partial charge < -0.3 is 0 Å². The van der Waals surface area contributed by atoms with Crippen LogP contribution in [-0.2, 0) is 6.42 Å². The summed E-state index contributed by atoms with van der Waals surface area (Å²) < 4.78 is 1.21. The molecule has 2 nitrogen and oxygen atoms in total. The molecule has 94 valence electrons. The lowest BCUT2D eigenvalue weighted by Crippen LogP contribution is -1.94. The van der Waals surface area contributed by atoms with E-state index >= 15 is 0 Å². The summed E-state index contributed by atoms with van der Waals surface area (Å²) in [7, 11) is 0. The van der Waals surface area contributed by atoms with Gasteiger partial charge in [-0.1, -0.05) is 30.3 Å². The zero-order valence-electron chi connectivity index (χ0n) is 10.6. The average molecular weight is 267 g/mol. The second kappa shape index (κ2) is 4.94. The van der Waals surface area contributed by atoms with Crippen molar-refractivity contribution in [1.82, 2.24) is 4.98 Å². The van der Waals surface area contributed by atoms with Gasteiger partial charge in [0.25, 0.3) is 0 Å². The third-order valence-corrected chi connectivity index (χ3v) is 4.06. The number of rotatable bonds is 3. The number of hydrogen-bond acceptors (Lipinski definition) is 3. The number of hydrogen-bond donors (Lipinski definition) is 0. The highest BCUT2D eigenvalue weighted by molar-refractivity contribution is 7.18. The number of ketones is 1. The van der Waals surface area contributed by atoms with E-state index in [0.29, 0.717) is 0 Å². The molecule has 0 saturated carbocycles. The van der Waals surface area contributed by atoms with Gasteiger partial charge in [0.05, 0.1) is 15.2 Å². The van der Waals surface area contributed by atoms with Gasteiger partial charge in [0.15, 0.2) is 5.78 Å². The maximum atomic E-state index is 11.4. The van der Waals surface area contributed by atoms with Gasteiger partial charge in [-0.2, -0.15) is 0 Å². The number of carbonyl (C=O) groups is 1. The summed E-state index contributed by atoms with van der Waals surface area (Å²) in [4.78, 5) is 16.0. The highest BCUT2D eigenvalue weighted by atomic mass is 32.1. The Kier molecular flexibility index (Phi) is 3.13. The fraction of sp³-hybridized carbons (Fsp3) is 0.125. The number of benzene rings is 2. The summed E-state index contributed by atoms with van der Waals surface area (Å²) in [6.45, 7) is 1.59. The van der Waals surface area contributed by atoms with Crippen LogP contribution in [0.4, 0.5) is 0 Å². The quantitative estimate of drug-likeness (QED) is 0.669. The second-order valence-corrected chi connectivity index (χ2v) is 5.62. The highest BCUT2D eigenvalue weighted by Crippen LogP contribution is 2.23. The predicted molar refractivity (Wildman–Crippen MR) is 78.9 cm³/mol. The molecular weight excluding hydrogens is 254 g/mol. The average Bonchev–Trinajstić information content (AvgIpc) is 2.81. The van der Waals surface area contributed by atoms with Gasteiger partial charge in [-0.3, -0.25) is 4.79 Å². The predicted octanol–water partition coefficient (Wildman–Crippen LogP) is 4.09. The molecule has 0 aliphatic rings. The van der Waals surface area contributed by atoms with E-state index in [0.717, 1.165) is 28.1 Å². The molecule has 0 aliphatic heterocycles. The summed E-state index contributed by atoms with van der Waals surface area (Å²) >= 11 is 1.71. The first-order valence-corrected chi connectivity index (χ1v) is 6.98. The Hall–Kier alpha value is -2.00. The van der Waals surface area contributed by atoms with E-state index in [1.54, 1.807) is 18.3 Å². The molecule has 3 rings (SSSR count). The summed E-state index contributed by atoms with van der Waals surface area (Å²) in [5.41, 5.74) is 2.94. The maximum absolute atomic E-state index is 11.4. The summed E-state index contributed by atoms with van der Waals surface area (Å²) in [5.74, 6) is 0.103. The minimum atomic E-state index is 0.103. The molecule has 0 unspecified atom stereocenters. The SMILES string of the molecule is CC(=O)c1cccc(Cc2nc3ccccc3s2)c1. The van der Waals surface area contributed by atoms with Crippen LogP contribution in [0.5, 0.6) is 0 Å². The van der Waals surface area contributed by atoms with Gasteiger partial charge in [-0.15, -0.1) is 11.3 Å². The molecule has 0 atom stereocenters. The zero-order valence-corrected chi connectivity index (χ0v) is 11.4. The molecule has 0 radical (unpaired) electrons. The Bertz CT molecular complexity index is 712. The second-order valence-electron chi connectivity index (χ2n) is 4.51. The van der Waals surface area contributed by atoms with Crippen molar-refractivity contribution in [2.45, 2.75) is 13.3 Å².